The van der Waals surface area contributed by atoms with E-state index in [1.165, 1.54) is 14.0 Å². The Kier molecular flexibility index (Phi) is 9.57. The summed E-state index contributed by atoms with van der Waals surface area (Å²) in [6.45, 7) is 0.0111. The van der Waals surface area contributed by atoms with Gasteiger partial charge in [-0.25, -0.2) is 0 Å². The number of hydrogen-bond donors (Lipinski definition) is 9. The molecule has 3 saturated heterocycles. The average Bonchev–Trinajstić information content (AvgIpc) is 2.83. The van der Waals surface area contributed by atoms with Gasteiger partial charge in [0.2, 0.25) is 0 Å². The summed E-state index contributed by atoms with van der Waals surface area (Å²) >= 11 is 0. The first-order valence-electron chi connectivity index (χ1n) is 10.8. The SMILES string of the molecule is CO[C@@H]1O[C@H](CO)[C@@H](O[C@@H]2O[C@H](CO)[C@H](O)[C@H](O)[C@H]2O)[C@H](O[C@@H]2O[C@@H](C)[C@H](O)[C@@H](O)[C@H]2O)[C@H]1O. The lowest BCUT2D eigenvalue weighted by Crippen LogP contribution is -2.67. The van der Waals surface area contributed by atoms with Crippen LogP contribution in [0.25, 0.3) is 0 Å². The number of methoxy groups -OCH3 is 1. The van der Waals surface area contributed by atoms with Crippen molar-refractivity contribution in [3.63, 3.8) is 0 Å². The first kappa shape index (κ1) is 28.0. The lowest BCUT2D eigenvalue weighted by Gasteiger charge is -2.48. The zero-order valence-electron chi connectivity index (χ0n) is 18.5. The van der Waals surface area contributed by atoms with Crippen molar-refractivity contribution in [1.82, 2.24) is 0 Å². The van der Waals surface area contributed by atoms with Gasteiger partial charge < -0.3 is 74.4 Å². The van der Waals surface area contributed by atoms with Crippen LogP contribution in [0.3, 0.4) is 0 Å². The third kappa shape index (κ3) is 5.39. The molecule has 0 spiro atoms. The molecule has 3 fully saturated rings. The number of ether oxygens (including phenoxy) is 6. The second kappa shape index (κ2) is 11.6. The van der Waals surface area contributed by atoms with E-state index < -0.39 is 105 Å². The Balaban J connectivity index is 1.86. The van der Waals surface area contributed by atoms with E-state index in [2.05, 4.69) is 0 Å². The highest BCUT2D eigenvalue weighted by Gasteiger charge is 2.53. The third-order valence-corrected chi connectivity index (χ3v) is 6.27. The largest absolute Gasteiger partial charge is 0.394 e. The summed E-state index contributed by atoms with van der Waals surface area (Å²) < 4.78 is 32.7. The van der Waals surface area contributed by atoms with Crippen molar-refractivity contribution in [2.75, 3.05) is 20.3 Å². The molecule has 0 aromatic carbocycles. The summed E-state index contributed by atoms with van der Waals surface area (Å²) in [4.78, 5) is 0. The number of rotatable bonds is 7. The van der Waals surface area contributed by atoms with Crippen LogP contribution in [-0.4, -0.2) is 158 Å². The summed E-state index contributed by atoms with van der Waals surface area (Å²) in [5.74, 6) is 0. The van der Waals surface area contributed by atoms with Crippen molar-refractivity contribution >= 4 is 0 Å². The second-order valence-corrected chi connectivity index (χ2v) is 8.53. The first-order valence-corrected chi connectivity index (χ1v) is 10.8. The minimum absolute atomic E-state index is 0.694. The van der Waals surface area contributed by atoms with Crippen LogP contribution >= 0.6 is 0 Å². The fourth-order valence-corrected chi connectivity index (χ4v) is 4.17. The van der Waals surface area contributed by atoms with Crippen LogP contribution < -0.4 is 0 Å². The number of aliphatic hydroxyl groups excluding tert-OH is 9. The maximum atomic E-state index is 10.8. The first-order chi connectivity index (χ1) is 16.0. The molecule has 0 unspecified atom stereocenters. The van der Waals surface area contributed by atoms with Gasteiger partial charge in [0.15, 0.2) is 18.9 Å². The van der Waals surface area contributed by atoms with Gasteiger partial charge in [-0.05, 0) is 6.92 Å². The molecular weight excluding hydrogens is 468 g/mol. The molecule has 15 heteroatoms. The fourth-order valence-electron chi connectivity index (χ4n) is 4.17. The maximum Gasteiger partial charge on any atom is 0.187 e. The summed E-state index contributed by atoms with van der Waals surface area (Å²) in [6, 6.07) is 0. The molecule has 0 aromatic heterocycles. The molecule has 15 nitrogen and oxygen atoms in total. The van der Waals surface area contributed by atoms with Crippen molar-refractivity contribution in [3.8, 4) is 0 Å². The van der Waals surface area contributed by atoms with Gasteiger partial charge in [0.05, 0.1) is 19.3 Å². The van der Waals surface area contributed by atoms with Gasteiger partial charge in [0.25, 0.3) is 0 Å². The van der Waals surface area contributed by atoms with Crippen LogP contribution in [0, 0.1) is 0 Å². The molecule has 0 bridgehead atoms. The van der Waals surface area contributed by atoms with E-state index in [9.17, 15) is 46.0 Å². The second-order valence-electron chi connectivity index (χ2n) is 8.53. The molecule has 0 aromatic rings. The van der Waals surface area contributed by atoms with Crippen LogP contribution in [0.5, 0.6) is 0 Å². The molecule has 0 radical (unpaired) electrons. The predicted molar refractivity (Wildman–Crippen MR) is 105 cm³/mol. The van der Waals surface area contributed by atoms with Crippen molar-refractivity contribution in [3.05, 3.63) is 0 Å². The molecule has 3 rings (SSSR count). The molecule has 15 atom stereocenters. The quantitative estimate of drug-likeness (QED) is 0.157. The van der Waals surface area contributed by atoms with Crippen LogP contribution in [0.1, 0.15) is 6.92 Å². The third-order valence-electron chi connectivity index (χ3n) is 6.27. The van der Waals surface area contributed by atoms with Gasteiger partial charge in [-0.15, -0.1) is 0 Å². The van der Waals surface area contributed by atoms with E-state index in [0.29, 0.717) is 0 Å². The Morgan fingerprint density at radius 2 is 1.06 bits per heavy atom. The normalized spacial score (nSPS) is 52.5. The minimum atomic E-state index is -1.80. The molecule has 0 amide bonds. The highest BCUT2D eigenvalue weighted by Crippen LogP contribution is 2.33. The lowest BCUT2D eigenvalue weighted by molar-refractivity contribution is -0.384. The summed E-state index contributed by atoms with van der Waals surface area (Å²) in [5, 5.41) is 90.7. The zero-order chi connectivity index (χ0) is 25.3. The highest BCUT2D eigenvalue weighted by molar-refractivity contribution is 4.96. The van der Waals surface area contributed by atoms with Gasteiger partial charge in [0, 0.05) is 7.11 Å². The Morgan fingerprint density at radius 3 is 1.62 bits per heavy atom. The zero-order valence-corrected chi connectivity index (χ0v) is 18.5. The van der Waals surface area contributed by atoms with E-state index in [-0.39, 0.29) is 0 Å². The van der Waals surface area contributed by atoms with Crippen molar-refractivity contribution in [2.24, 2.45) is 0 Å². The predicted octanol–water partition coefficient (Wildman–Crippen LogP) is -5.89. The van der Waals surface area contributed by atoms with Crippen molar-refractivity contribution in [2.45, 2.75) is 99.0 Å². The molecule has 3 aliphatic rings. The molecule has 0 saturated carbocycles. The average molecular weight is 502 g/mol. The van der Waals surface area contributed by atoms with E-state index in [1.54, 1.807) is 0 Å². The Bertz CT molecular complexity index is 639. The summed E-state index contributed by atoms with van der Waals surface area (Å²) in [6.07, 6.45) is -22.6. The van der Waals surface area contributed by atoms with Crippen LogP contribution in [0.15, 0.2) is 0 Å². The molecule has 200 valence electrons. The lowest BCUT2D eigenvalue weighted by atomic mass is 9.96. The Hall–Kier alpha value is -0.600. The number of aliphatic hydroxyl groups is 9. The molecule has 3 aliphatic heterocycles. The monoisotopic (exact) mass is 502 g/mol. The van der Waals surface area contributed by atoms with Crippen molar-refractivity contribution < 1.29 is 74.4 Å². The minimum Gasteiger partial charge on any atom is -0.394 e. The van der Waals surface area contributed by atoms with Gasteiger partial charge in [-0.3, -0.25) is 0 Å². The Morgan fingerprint density at radius 1 is 0.559 bits per heavy atom. The van der Waals surface area contributed by atoms with Gasteiger partial charge in [-0.1, -0.05) is 0 Å². The maximum absolute atomic E-state index is 10.8. The standard InChI is InChI=1S/C19H34O15/c1-5-8(22)10(24)12(26)18(30-5)34-16-14(28)17(29-2)32-7(4-21)15(16)33-19-13(27)11(25)9(23)6(3-20)31-19/h5-28H,3-4H2,1-2H3/t5-,6+,7+,8-,9-,10+,11-,12+,13+,14+,15+,16+,17+,18-,19-/m0/s1. The topological polar surface area (TPSA) is 237 Å². The molecular formula is C19H34O15. The highest BCUT2D eigenvalue weighted by atomic mass is 16.8. The van der Waals surface area contributed by atoms with Gasteiger partial charge in [0.1, 0.15) is 67.1 Å². The van der Waals surface area contributed by atoms with Crippen LogP contribution in [0.4, 0.5) is 0 Å². The number of hydrogen-bond acceptors (Lipinski definition) is 15. The smallest absolute Gasteiger partial charge is 0.187 e. The molecule has 34 heavy (non-hydrogen) atoms. The van der Waals surface area contributed by atoms with Crippen LogP contribution in [-0.2, 0) is 28.4 Å². The van der Waals surface area contributed by atoms with E-state index >= 15 is 0 Å². The van der Waals surface area contributed by atoms with Crippen molar-refractivity contribution in [1.29, 1.82) is 0 Å². The van der Waals surface area contributed by atoms with Crippen LogP contribution in [0.2, 0.25) is 0 Å². The molecule has 9 N–H and O–H groups in total. The summed E-state index contributed by atoms with van der Waals surface area (Å²) in [5.41, 5.74) is 0. The van der Waals surface area contributed by atoms with Gasteiger partial charge in [-0.2, -0.15) is 0 Å². The Labute approximate surface area is 194 Å². The fraction of sp³-hybridized carbons (Fsp3) is 1.00. The summed E-state index contributed by atoms with van der Waals surface area (Å²) in [7, 11) is 1.21. The van der Waals surface area contributed by atoms with E-state index in [0.717, 1.165) is 0 Å². The molecule has 0 aliphatic carbocycles. The molecule has 3 heterocycles. The van der Waals surface area contributed by atoms with Gasteiger partial charge >= 0.3 is 0 Å². The van der Waals surface area contributed by atoms with E-state index in [1.807, 2.05) is 0 Å². The van der Waals surface area contributed by atoms with E-state index in [4.69, 9.17) is 28.4 Å².